The minimum Gasteiger partial charge on any atom is -0.368 e. The third-order valence-corrected chi connectivity index (χ3v) is 6.21. The quantitative estimate of drug-likeness (QED) is 0.534. The zero-order valence-electron chi connectivity index (χ0n) is 15.5. The summed E-state index contributed by atoms with van der Waals surface area (Å²) < 4.78 is 2.22. The molecule has 0 unspecified atom stereocenters. The van der Waals surface area contributed by atoms with E-state index in [1.807, 2.05) is 6.33 Å². The van der Waals surface area contributed by atoms with Gasteiger partial charge in [-0.05, 0) is 55.5 Å². The van der Waals surface area contributed by atoms with Crippen LogP contribution in [0, 0.1) is 11.8 Å². The molecule has 140 valence electrons. The molecule has 0 aliphatic heterocycles. The second kappa shape index (κ2) is 7.95. The molecule has 1 atom stereocenters. The lowest BCUT2D eigenvalue weighted by molar-refractivity contribution is 0.303. The number of rotatable bonds is 7. The normalized spacial score (nSPS) is 20.8. The summed E-state index contributed by atoms with van der Waals surface area (Å²) in [6.07, 6.45) is 14.5. The number of hydrogen-bond donors (Lipinski definition) is 1. The van der Waals surface area contributed by atoms with E-state index in [9.17, 15) is 0 Å². The molecule has 2 aliphatic rings. The van der Waals surface area contributed by atoms with Crippen LogP contribution in [0.1, 0.15) is 58.3 Å². The molecule has 0 aromatic carbocycles. The highest BCUT2D eigenvalue weighted by molar-refractivity contribution is 6.28. The molecule has 0 amide bonds. The highest BCUT2D eigenvalue weighted by Crippen LogP contribution is 2.31. The molecule has 1 fully saturated rings. The van der Waals surface area contributed by atoms with Gasteiger partial charge >= 0.3 is 0 Å². The maximum atomic E-state index is 6.12. The summed E-state index contributed by atoms with van der Waals surface area (Å²) in [7, 11) is 0. The Morgan fingerprint density at radius 3 is 2.81 bits per heavy atom. The predicted molar refractivity (Wildman–Crippen MR) is 106 cm³/mol. The molecule has 1 saturated carbocycles. The Morgan fingerprint density at radius 2 is 2.12 bits per heavy atom. The van der Waals surface area contributed by atoms with Crippen LogP contribution in [0.3, 0.4) is 0 Å². The number of halogens is 1. The molecule has 4 rings (SSSR count). The van der Waals surface area contributed by atoms with Gasteiger partial charge in [0.05, 0.1) is 6.33 Å². The van der Waals surface area contributed by atoms with Crippen molar-refractivity contribution in [1.29, 1.82) is 0 Å². The van der Waals surface area contributed by atoms with E-state index in [4.69, 9.17) is 11.6 Å². The molecule has 2 heterocycles. The number of nitrogens with zero attached hydrogens (tertiary/aromatic N) is 4. The van der Waals surface area contributed by atoms with Crippen molar-refractivity contribution in [2.75, 3.05) is 11.9 Å². The molecule has 2 aromatic rings. The Morgan fingerprint density at radius 1 is 1.23 bits per heavy atom. The van der Waals surface area contributed by atoms with Crippen molar-refractivity contribution in [3.63, 3.8) is 0 Å². The lowest BCUT2D eigenvalue weighted by Crippen LogP contribution is -2.17. The summed E-state index contributed by atoms with van der Waals surface area (Å²) in [6, 6.07) is 0. The zero-order chi connectivity index (χ0) is 17.9. The monoisotopic (exact) mass is 373 g/mol. The van der Waals surface area contributed by atoms with Crippen LogP contribution < -0.4 is 5.32 Å². The number of anilines is 1. The first-order chi connectivity index (χ1) is 12.7. The van der Waals surface area contributed by atoms with Crippen LogP contribution >= 0.6 is 11.6 Å². The Balaban J connectivity index is 1.50. The highest BCUT2D eigenvalue weighted by Gasteiger charge is 2.20. The fourth-order valence-corrected chi connectivity index (χ4v) is 4.26. The molecule has 2 aliphatic carbocycles. The largest absolute Gasteiger partial charge is 0.368 e. The molecular weight excluding hydrogens is 346 g/mol. The first-order valence-electron chi connectivity index (χ1n) is 10.0. The minimum atomic E-state index is 0.266. The van der Waals surface area contributed by atoms with Gasteiger partial charge < -0.3 is 9.88 Å². The molecule has 0 spiro atoms. The van der Waals surface area contributed by atoms with E-state index in [1.165, 1.54) is 44.9 Å². The van der Waals surface area contributed by atoms with Crippen LogP contribution in [-0.4, -0.2) is 26.1 Å². The summed E-state index contributed by atoms with van der Waals surface area (Å²) in [5, 5.41) is 3.77. The molecule has 0 saturated heterocycles. The minimum absolute atomic E-state index is 0.266. The lowest BCUT2D eigenvalue weighted by atomic mass is 9.83. The fourth-order valence-electron chi connectivity index (χ4n) is 4.10. The number of allylic oxidation sites excluding steroid dienone is 2. The van der Waals surface area contributed by atoms with Crippen LogP contribution in [0.2, 0.25) is 5.28 Å². The Labute approximate surface area is 160 Å². The molecule has 2 aromatic heterocycles. The van der Waals surface area contributed by atoms with Crippen LogP contribution in [0.4, 0.5) is 5.82 Å². The topological polar surface area (TPSA) is 55.6 Å². The van der Waals surface area contributed by atoms with Gasteiger partial charge in [-0.2, -0.15) is 9.97 Å². The Hall–Kier alpha value is -1.62. The number of fused-ring (bicyclic) bond motifs is 1. The van der Waals surface area contributed by atoms with Crippen LogP contribution in [0.15, 0.2) is 18.0 Å². The summed E-state index contributed by atoms with van der Waals surface area (Å²) in [4.78, 5) is 13.3. The molecule has 0 bridgehead atoms. The fraction of sp³-hybridized carbons (Fsp3) is 0.650. The maximum Gasteiger partial charge on any atom is 0.226 e. The summed E-state index contributed by atoms with van der Waals surface area (Å²) >= 11 is 6.12. The molecule has 1 N–H and O–H groups in total. The second-order valence-electron chi connectivity index (χ2n) is 7.78. The SMILES string of the molecule is CCC1=CC[C@H](Cn2cnc3nc(Cl)nc(NCCC4CCC4)c32)CC1. The van der Waals surface area contributed by atoms with E-state index >= 15 is 0 Å². The second-order valence-corrected chi connectivity index (χ2v) is 8.12. The Bertz CT molecular complexity index is 793. The third kappa shape index (κ3) is 3.88. The van der Waals surface area contributed by atoms with E-state index in [1.54, 1.807) is 5.57 Å². The smallest absolute Gasteiger partial charge is 0.226 e. The number of nitrogens with one attached hydrogen (secondary N) is 1. The summed E-state index contributed by atoms with van der Waals surface area (Å²) in [5.41, 5.74) is 3.29. The van der Waals surface area contributed by atoms with Crippen LogP contribution in [0.25, 0.3) is 11.2 Å². The summed E-state index contributed by atoms with van der Waals surface area (Å²) in [6.45, 7) is 4.15. The van der Waals surface area contributed by atoms with Crippen molar-refractivity contribution in [2.24, 2.45) is 11.8 Å². The van der Waals surface area contributed by atoms with E-state index in [2.05, 4.69) is 37.8 Å². The average Bonchev–Trinajstić information content (AvgIpc) is 3.00. The average molecular weight is 374 g/mol. The van der Waals surface area contributed by atoms with E-state index in [0.29, 0.717) is 11.6 Å². The van der Waals surface area contributed by atoms with Gasteiger partial charge in [-0.1, -0.05) is 37.8 Å². The van der Waals surface area contributed by atoms with E-state index < -0.39 is 0 Å². The Kier molecular flexibility index (Phi) is 5.44. The lowest BCUT2D eigenvalue weighted by Gasteiger charge is -2.25. The van der Waals surface area contributed by atoms with Crippen molar-refractivity contribution in [3.05, 3.63) is 23.3 Å². The predicted octanol–water partition coefficient (Wildman–Crippen LogP) is 5.22. The van der Waals surface area contributed by atoms with Gasteiger partial charge in [0.25, 0.3) is 0 Å². The maximum absolute atomic E-state index is 6.12. The van der Waals surface area contributed by atoms with Gasteiger partial charge in [0.2, 0.25) is 5.28 Å². The molecule has 0 radical (unpaired) electrons. The van der Waals surface area contributed by atoms with Gasteiger partial charge in [-0.3, -0.25) is 0 Å². The van der Waals surface area contributed by atoms with E-state index in [0.717, 1.165) is 36.8 Å². The van der Waals surface area contributed by atoms with Gasteiger partial charge in [0.1, 0.15) is 5.52 Å². The molecular formula is C20H28ClN5. The number of hydrogen-bond acceptors (Lipinski definition) is 4. The molecule has 5 nitrogen and oxygen atoms in total. The van der Waals surface area contributed by atoms with Gasteiger partial charge in [0, 0.05) is 13.1 Å². The summed E-state index contributed by atoms with van der Waals surface area (Å²) in [5.74, 6) is 2.36. The first-order valence-corrected chi connectivity index (χ1v) is 10.4. The molecule has 26 heavy (non-hydrogen) atoms. The van der Waals surface area contributed by atoms with Gasteiger partial charge in [0.15, 0.2) is 11.5 Å². The van der Waals surface area contributed by atoms with Crippen molar-refractivity contribution >= 4 is 28.6 Å². The third-order valence-electron chi connectivity index (χ3n) is 6.04. The molecule has 6 heteroatoms. The zero-order valence-corrected chi connectivity index (χ0v) is 16.3. The highest BCUT2D eigenvalue weighted by atomic mass is 35.5. The van der Waals surface area contributed by atoms with Gasteiger partial charge in [-0.25, -0.2) is 4.98 Å². The standard InChI is InChI=1S/C20H28ClN5/c1-2-14-6-8-16(9-7-14)12-26-13-23-19-17(26)18(24-20(21)25-19)22-11-10-15-4-3-5-15/h6,13,15-16H,2-5,7-12H2,1H3,(H,22,24,25)/t16-/m0/s1. The van der Waals surface area contributed by atoms with Crippen molar-refractivity contribution < 1.29 is 0 Å². The number of aromatic nitrogens is 4. The van der Waals surface area contributed by atoms with Gasteiger partial charge in [-0.15, -0.1) is 0 Å². The van der Waals surface area contributed by atoms with Crippen LogP contribution in [0.5, 0.6) is 0 Å². The van der Waals surface area contributed by atoms with E-state index in [-0.39, 0.29) is 5.28 Å². The van der Waals surface area contributed by atoms with Crippen molar-refractivity contribution in [2.45, 2.75) is 64.8 Å². The van der Waals surface area contributed by atoms with Crippen molar-refractivity contribution in [1.82, 2.24) is 19.5 Å². The number of imidazole rings is 1. The first kappa shape index (κ1) is 17.8. The van der Waals surface area contributed by atoms with Crippen LogP contribution in [-0.2, 0) is 6.54 Å². The van der Waals surface area contributed by atoms with Crippen molar-refractivity contribution in [3.8, 4) is 0 Å².